The second kappa shape index (κ2) is 7.47. The molecule has 1 N–H and O–H groups in total. The summed E-state index contributed by atoms with van der Waals surface area (Å²) in [6.07, 6.45) is 2.03. The van der Waals surface area contributed by atoms with Crippen molar-refractivity contribution in [1.29, 1.82) is 0 Å². The van der Waals surface area contributed by atoms with E-state index in [9.17, 15) is 9.18 Å². The second-order valence-corrected chi connectivity index (χ2v) is 4.58. The Balaban J connectivity index is 2.57. The van der Waals surface area contributed by atoms with Crippen LogP contribution in [-0.4, -0.2) is 24.0 Å². The molecule has 0 fully saturated rings. The number of ether oxygens (including phenoxy) is 1. The molecule has 0 saturated heterocycles. The summed E-state index contributed by atoms with van der Waals surface area (Å²) in [5.41, 5.74) is 0.415. The number of nitrogens with one attached hydrogen (secondary N) is 1. The Hall–Kier alpha value is -0.850. The molecule has 0 radical (unpaired) electrons. The molecule has 94 valence electrons. The van der Waals surface area contributed by atoms with Gasteiger partial charge in [-0.2, -0.15) is 0 Å². The number of benzene rings is 1. The van der Waals surface area contributed by atoms with Gasteiger partial charge in [0.25, 0.3) is 5.91 Å². The van der Waals surface area contributed by atoms with Gasteiger partial charge in [0.2, 0.25) is 0 Å². The fourth-order valence-electron chi connectivity index (χ4n) is 1.32. The van der Waals surface area contributed by atoms with Crippen LogP contribution in [0.15, 0.2) is 18.2 Å². The lowest BCUT2D eigenvalue weighted by molar-refractivity contribution is 0.0953. The molecule has 0 heterocycles. The molecule has 0 aliphatic carbocycles. The number of unbranched alkanes of at least 4 members (excludes halogenated alkanes) is 1. The highest BCUT2D eigenvalue weighted by Crippen LogP contribution is 2.17. The van der Waals surface area contributed by atoms with Crippen LogP contribution >= 0.6 is 22.6 Å². The van der Waals surface area contributed by atoms with E-state index in [1.54, 1.807) is 0 Å². The summed E-state index contributed by atoms with van der Waals surface area (Å²) in [6.45, 7) is 0.640. The Morgan fingerprint density at radius 2 is 2.24 bits per heavy atom. The summed E-state index contributed by atoms with van der Waals surface area (Å²) >= 11 is 2.30. The van der Waals surface area contributed by atoms with Crippen LogP contribution in [0.4, 0.5) is 4.39 Å². The van der Waals surface area contributed by atoms with E-state index >= 15 is 0 Å². The third-order valence-electron chi connectivity index (χ3n) is 2.26. The number of alkyl halides is 1. The Kier molecular flexibility index (Phi) is 6.25. The molecule has 0 atom stereocenters. The van der Waals surface area contributed by atoms with Crippen LogP contribution in [0.25, 0.3) is 0 Å². The number of carbonyl (C=O) groups excluding carboxylic acids is 1. The molecule has 5 heteroatoms. The van der Waals surface area contributed by atoms with Crippen molar-refractivity contribution in [2.45, 2.75) is 12.8 Å². The number of halogens is 2. The molecule has 1 rings (SSSR count). The highest BCUT2D eigenvalue weighted by Gasteiger charge is 2.09. The molecule has 0 spiro atoms. The molecule has 0 aliphatic heterocycles. The lowest BCUT2D eigenvalue weighted by Crippen LogP contribution is -2.24. The van der Waals surface area contributed by atoms with E-state index < -0.39 is 5.82 Å². The van der Waals surface area contributed by atoms with Crippen LogP contribution in [0.5, 0.6) is 5.75 Å². The second-order valence-electron chi connectivity index (χ2n) is 3.50. The molecule has 0 bridgehead atoms. The van der Waals surface area contributed by atoms with E-state index in [1.165, 1.54) is 25.3 Å². The first kappa shape index (κ1) is 14.2. The molecule has 0 unspecified atom stereocenters. The highest BCUT2D eigenvalue weighted by molar-refractivity contribution is 14.1. The quantitative estimate of drug-likeness (QED) is 0.486. The van der Waals surface area contributed by atoms with Gasteiger partial charge in [0.1, 0.15) is 0 Å². The maximum Gasteiger partial charge on any atom is 0.251 e. The molecule has 17 heavy (non-hydrogen) atoms. The first-order valence-electron chi connectivity index (χ1n) is 5.36. The molecule has 1 aromatic rings. The Morgan fingerprint density at radius 1 is 1.47 bits per heavy atom. The van der Waals surface area contributed by atoms with E-state index in [0.717, 1.165) is 17.3 Å². The van der Waals surface area contributed by atoms with E-state index in [0.29, 0.717) is 12.1 Å². The van der Waals surface area contributed by atoms with Crippen LogP contribution < -0.4 is 10.1 Å². The first-order chi connectivity index (χ1) is 8.19. The zero-order chi connectivity index (χ0) is 12.7. The smallest absolute Gasteiger partial charge is 0.251 e. The van der Waals surface area contributed by atoms with E-state index in [1.807, 2.05) is 0 Å². The monoisotopic (exact) mass is 351 g/mol. The molecular weight excluding hydrogens is 336 g/mol. The number of amides is 1. The van der Waals surface area contributed by atoms with Crippen LogP contribution in [0, 0.1) is 5.82 Å². The Morgan fingerprint density at radius 3 is 2.88 bits per heavy atom. The Bertz CT molecular complexity index is 385. The number of rotatable bonds is 6. The number of hydrogen-bond acceptors (Lipinski definition) is 2. The Labute approximate surface area is 114 Å². The van der Waals surface area contributed by atoms with Gasteiger partial charge in [0.15, 0.2) is 11.6 Å². The molecular formula is C12H15FINO2. The van der Waals surface area contributed by atoms with Gasteiger partial charge in [0.05, 0.1) is 7.11 Å². The summed E-state index contributed by atoms with van der Waals surface area (Å²) < 4.78 is 19.0. The first-order valence-corrected chi connectivity index (χ1v) is 6.89. The van der Waals surface area contributed by atoms with Crippen molar-refractivity contribution in [3.63, 3.8) is 0 Å². The maximum absolute atomic E-state index is 13.1. The third-order valence-corrected chi connectivity index (χ3v) is 3.02. The van der Waals surface area contributed by atoms with Gasteiger partial charge in [-0.05, 0) is 35.5 Å². The van der Waals surface area contributed by atoms with Crippen molar-refractivity contribution < 1.29 is 13.9 Å². The van der Waals surface area contributed by atoms with Crippen molar-refractivity contribution >= 4 is 28.5 Å². The summed E-state index contributed by atoms with van der Waals surface area (Å²) in [6, 6.07) is 4.09. The number of methoxy groups -OCH3 is 1. The van der Waals surface area contributed by atoms with Gasteiger partial charge in [-0.25, -0.2) is 4.39 Å². The molecule has 1 aromatic carbocycles. The van der Waals surface area contributed by atoms with Crippen LogP contribution in [0.1, 0.15) is 23.2 Å². The highest BCUT2D eigenvalue weighted by atomic mass is 127. The third kappa shape index (κ3) is 4.49. The van der Waals surface area contributed by atoms with E-state index in [4.69, 9.17) is 4.74 Å². The fraction of sp³-hybridized carbons (Fsp3) is 0.417. The van der Waals surface area contributed by atoms with E-state index in [2.05, 4.69) is 27.9 Å². The topological polar surface area (TPSA) is 38.3 Å². The van der Waals surface area contributed by atoms with Gasteiger partial charge in [0, 0.05) is 12.1 Å². The van der Waals surface area contributed by atoms with Crippen LogP contribution in [0.3, 0.4) is 0 Å². The average Bonchev–Trinajstić information content (AvgIpc) is 2.35. The largest absolute Gasteiger partial charge is 0.494 e. The molecule has 0 aromatic heterocycles. The summed E-state index contributed by atoms with van der Waals surface area (Å²) in [5.74, 6) is -0.573. The van der Waals surface area contributed by atoms with Crippen molar-refractivity contribution in [2.24, 2.45) is 0 Å². The average molecular weight is 351 g/mol. The summed E-state index contributed by atoms with van der Waals surface area (Å²) in [4.78, 5) is 11.7. The van der Waals surface area contributed by atoms with Crippen molar-refractivity contribution in [1.82, 2.24) is 5.32 Å². The lowest BCUT2D eigenvalue weighted by atomic mass is 10.2. The molecule has 1 amide bonds. The summed E-state index contributed by atoms with van der Waals surface area (Å²) in [7, 11) is 1.38. The van der Waals surface area contributed by atoms with Gasteiger partial charge >= 0.3 is 0 Å². The maximum atomic E-state index is 13.1. The van der Waals surface area contributed by atoms with Gasteiger partial charge in [-0.15, -0.1) is 0 Å². The minimum atomic E-state index is -0.464. The van der Waals surface area contributed by atoms with Gasteiger partial charge in [-0.3, -0.25) is 4.79 Å². The van der Waals surface area contributed by atoms with Crippen molar-refractivity contribution in [3.05, 3.63) is 29.6 Å². The van der Waals surface area contributed by atoms with Crippen molar-refractivity contribution in [3.8, 4) is 5.75 Å². The zero-order valence-electron chi connectivity index (χ0n) is 9.63. The van der Waals surface area contributed by atoms with Crippen molar-refractivity contribution in [2.75, 3.05) is 18.1 Å². The fourth-order valence-corrected chi connectivity index (χ4v) is 1.86. The summed E-state index contributed by atoms with van der Waals surface area (Å²) in [5, 5.41) is 2.78. The number of hydrogen-bond donors (Lipinski definition) is 1. The number of carbonyl (C=O) groups is 1. The molecule has 0 saturated carbocycles. The van der Waals surface area contributed by atoms with Gasteiger partial charge < -0.3 is 10.1 Å². The SMILES string of the molecule is COc1cc(C(=O)NCCCCI)ccc1F. The zero-order valence-corrected chi connectivity index (χ0v) is 11.8. The van der Waals surface area contributed by atoms with E-state index in [-0.39, 0.29) is 11.7 Å². The minimum Gasteiger partial charge on any atom is -0.494 e. The van der Waals surface area contributed by atoms with Crippen LogP contribution in [-0.2, 0) is 0 Å². The predicted molar refractivity (Wildman–Crippen MR) is 73.4 cm³/mol. The normalized spacial score (nSPS) is 10.1. The molecule has 0 aliphatic rings. The van der Waals surface area contributed by atoms with Crippen LogP contribution in [0.2, 0.25) is 0 Å². The minimum absolute atomic E-state index is 0.0879. The molecule has 3 nitrogen and oxygen atoms in total. The predicted octanol–water partition coefficient (Wildman–Crippen LogP) is 2.78. The lowest BCUT2D eigenvalue weighted by Gasteiger charge is -2.07. The van der Waals surface area contributed by atoms with Gasteiger partial charge in [-0.1, -0.05) is 22.6 Å². The standard InChI is InChI=1S/C12H15FINO2/c1-17-11-8-9(4-5-10(11)13)12(16)15-7-3-2-6-14/h4-5,8H,2-3,6-7H2,1H3,(H,15,16).